The van der Waals surface area contributed by atoms with Gasteiger partial charge in [-0.3, -0.25) is 0 Å². The third-order valence-corrected chi connectivity index (χ3v) is 4.22. The van der Waals surface area contributed by atoms with Crippen molar-refractivity contribution in [3.63, 3.8) is 0 Å². The summed E-state index contributed by atoms with van der Waals surface area (Å²) in [4.78, 5) is 1.78. The molecule has 0 unspecified atom stereocenters. The van der Waals surface area contributed by atoms with Crippen LogP contribution in [0.15, 0.2) is 54.2 Å². The largest absolute Gasteiger partial charge is 0.301 e. The second kappa shape index (κ2) is 7.67. The topological polar surface area (TPSA) is 3.24 Å². The lowest BCUT2D eigenvalue weighted by Gasteiger charge is -2.28. The average Bonchev–Trinajstić information content (AvgIpc) is 2.53. The van der Waals surface area contributed by atoms with Gasteiger partial charge in [-0.05, 0) is 62.1 Å². The highest BCUT2D eigenvalue weighted by Crippen LogP contribution is 2.34. The van der Waals surface area contributed by atoms with E-state index in [2.05, 4.69) is 13.5 Å². The minimum absolute atomic E-state index is 0.256. The Bertz CT molecular complexity index is 752. The standard InChI is InChI=1S/C21H23ClFN/c1-6-17-8-10-18(11-9-17)24(16(5)22)20(7-2)21-15(4)12-14(3)13-19(21)23/h7-13H,5-6H2,1-4H3/b20-7-. The first-order valence-electron chi connectivity index (χ1n) is 8.06. The molecule has 0 saturated carbocycles. The molecule has 0 fully saturated rings. The number of aryl methyl sites for hydroxylation is 3. The Kier molecular flexibility index (Phi) is 5.84. The number of hydrogen-bond acceptors (Lipinski definition) is 1. The monoisotopic (exact) mass is 343 g/mol. The Hall–Kier alpha value is -2.06. The Morgan fingerprint density at radius 3 is 2.29 bits per heavy atom. The number of anilines is 1. The Morgan fingerprint density at radius 1 is 1.21 bits per heavy atom. The minimum Gasteiger partial charge on any atom is -0.301 e. The molecule has 1 nitrogen and oxygen atoms in total. The predicted octanol–water partition coefficient (Wildman–Crippen LogP) is 6.58. The van der Waals surface area contributed by atoms with Crippen LogP contribution >= 0.6 is 11.6 Å². The van der Waals surface area contributed by atoms with Crippen LogP contribution in [0.2, 0.25) is 0 Å². The van der Waals surface area contributed by atoms with Crippen LogP contribution < -0.4 is 4.90 Å². The number of allylic oxidation sites excluding steroid dienone is 1. The normalized spacial score (nSPS) is 11.5. The van der Waals surface area contributed by atoms with E-state index in [1.807, 2.05) is 57.2 Å². The zero-order valence-electron chi connectivity index (χ0n) is 14.7. The fraction of sp³-hybridized carbons (Fsp3) is 0.238. The van der Waals surface area contributed by atoms with Crippen LogP contribution in [0.1, 0.15) is 36.1 Å². The van der Waals surface area contributed by atoms with Crippen LogP contribution in [0, 0.1) is 19.7 Å². The Morgan fingerprint density at radius 2 is 1.83 bits per heavy atom. The Balaban J connectivity index is 2.58. The summed E-state index contributed by atoms with van der Waals surface area (Å²) in [6.45, 7) is 11.6. The van der Waals surface area contributed by atoms with Crippen LogP contribution in [0.4, 0.5) is 10.1 Å². The van der Waals surface area contributed by atoms with Gasteiger partial charge in [0.25, 0.3) is 0 Å². The van der Waals surface area contributed by atoms with Gasteiger partial charge in [0.15, 0.2) is 0 Å². The molecule has 0 amide bonds. The summed E-state index contributed by atoms with van der Waals surface area (Å²) < 4.78 is 14.7. The molecule has 24 heavy (non-hydrogen) atoms. The van der Waals surface area contributed by atoms with E-state index in [4.69, 9.17) is 11.6 Å². The summed E-state index contributed by atoms with van der Waals surface area (Å²) in [6.07, 6.45) is 2.83. The number of benzene rings is 2. The van der Waals surface area contributed by atoms with Gasteiger partial charge in [0.1, 0.15) is 11.0 Å². The maximum atomic E-state index is 14.7. The summed E-state index contributed by atoms with van der Waals surface area (Å²) in [5, 5.41) is 0.326. The third-order valence-electron chi connectivity index (χ3n) is 4.05. The van der Waals surface area contributed by atoms with Crippen molar-refractivity contribution in [1.82, 2.24) is 0 Å². The lowest BCUT2D eigenvalue weighted by Crippen LogP contribution is -2.19. The van der Waals surface area contributed by atoms with Gasteiger partial charge >= 0.3 is 0 Å². The molecule has 0 aliphatic rings. The third kappa shape index (κ3) is 3.70. The van der Waals surface area contributed by atoms with Crippen LogP contribution in [-0.2, 0) is 6.42 Å². The van der Waals surface area contributed by atoms with Gasteiger partial charge in [0.05, 0.1) is 5.70 Å². The predicted molar refractivity (Wildman–Crippen MR) is 103 cm³/mol. The fourth-order valence-electron chi connectivity index (χ4n) is 2.92. The fourth-order valence-corrected chi connectivity index (χ4v) is 3.10. The molecule has 126 valence electrons. The lowest BCUT2D eigenvalue weighted by atomic mass is 10.0. The first kappa shape index (κ1) is 18.3. The van der Waals surface area contributed by atoms with E-state index in [1.54, 1.807) is 11.0 Å². The van der Waals surface area contributed by atoms with Crippen molar-refractivity contribution in [2.45, 2.75) is 34.1 Å². The van der Waals surface area contributed by atoms with Crippen LogP contribution in [0.5, 0.6) is 0 Å². The zero-order valence-corrected chi connectivity index (χ0v) is 15.4. The highest BCUT2D eigenvalue weighted by atomic mass is 35.5. The van der Waals surface area contributed by atoms with Crippen molar-refractivity contribution < 1.29 is 4.39 Å². The van der Waals surface area contributed by atoms with E-state index in [0.29, 0.717) is 16.4 Å². The summed E-state index contributed by atoms with van der Waals surface area (Å²) in [5.74, 6) is -0.256. The molecule has 0 N–H and O–H groups in total. The van der Waals surface area contributed by atoms with Gasteiger partial charge in [-0.2, -0.15) is 0 Å². The van der Waals surface area contributed by atoms with E-state index >= 15 is 0 Å². The average molecular weight is 344 g/mol. The first-order valence-corrected chi connectivity index (χ1v) is 8.43. The van der Waals surface area contributed by atoms with Gasteiger partial charge in [-0.25, -0.2) is 4.39 Å². The lowest BCUT2D eigenvalue weighted by molar-refractivity contribution is 0.621. The van der Waals surface area contributed by atoms with Gasteiger partial charge < -0.3 is 4.90 Å². The molecular formula is C21H23ClFN. The number of nitrogens with zero attached hydrogens (tertiary/aromatic N) is 1. The molecular weight excluding hydrogens is 321 g/mol. The van der Waals surface area contributed by atoms with Crippen LogP contribution in [0.3, 0.4) is 0 Å². The smallest absolute Gasteiger partial charge is 0.133 e. The summed E-state index contributed by atoms with van der Waals surface area (Å²) in [6, 6.07) is 11.6. The van der Waals surface area contributed by atoms with Gasteiger partial charge in [0.2, 0.25) is 0 Å². The van der Waals surface area contributed by atoms with E-state index < -0.39 is 0 Å². The maximum absolute atomic E-state index is 14.7. The molecule has 2 rings (SSSR count). The van der Waals surface area contributed by atoms with E-state index in [0.717, 1.165) is 23.2 Å². The quantitative estimate of drug-likeness (QED) is 0.554. The summed E-state index contributed by atoms with van der Waals surface area (Å²) in [7, 11) is 0. The number of rotatable bonds is 5. The van der Waals surface area contributed by atoms with Gasteiger partial charge in [0, 0.05) is 11.3 Å². The van der Waals surface area contributed by atoms with Crippen molar-refractivity contribution in [2.75, 3.05) is 4.90 Å². The molecule has 0 saturated heterocycles. The minimum atomic E-state index is -0.256. The van der Waals surface area contributed by atoms with Gasteiger partial charge in [-0.1, -0.05) is 49.4 Å². The SMILES string of the molecule is C=C(Cl)N(/C(=C\C)c1c(C)cc(C)cc1F)c1ccc(CC)cc1. The first-order chi connectivity index (χ1) is 11.4. The molecule has 0 aliphatic carbocycles. The van der Waals surface area contributed by atoms with Crippen LogP contribution in [-0.4, -0.2) is 0 Å². The molecule has 0 radical (unpaired) electrons. The highest BCUT2D eigenvalue weighted by molar-refractivity contribution is 6.32. The van der Waals surface area contributed by atoms with Crippen molar-refractivity contribution in [3.8, 4) is 0 Å². The van der Waals surface area contributed by atoms with Crippen molar-refractivity contribution in [2.24, 2.45) is 0 Å². The molecule has 0 heterocycles. The molecule has 0 atom stereocenters. The molecule has 0 bridgehead atoms. The zero-order chi connectivity index (χ0) is 17.9. The molecule has 3 heteroatoms. The number of hydrogen-bond donors (Lipinski definition) is 0. The van der Waals surface area contributed by atoms with Crippen molar-refractivity contribution in [1.29, 1.82) is 0 Å². The second-order valence-corrected chi connectivity index (χ2v) is 6.28. The van der Waals surface area contributed by atoms with E-state index in [-0.39, 0.29) is 5.82 Å². The molecule has 0 aromatic heterocycles. The molecule has 0 aliphatic heterocycles. The summed E-state index contributed by atoms with van der Waals surface area (Å²) in [5.41, 5.74) is 5.10. The van der Waals surface area contributed by atoms with E-state index in [1.165, 1.54) is 5.56 Å². The van der Waals surface area contributed by atoms with Crippen LogP contribution in [0.25, 0.3) is 5.70 Å². The van der Waals surface area contributed by atoms with Crippen molar-refractivity contribution >= 4 is 23.0 Å². The molecule has 0 spiro atoms. The molecule has 2 aromatic rings. The molecule has 2 aromatic carbocycles. The van der Waals surface area contributed by atoms with Crippen molar-refractivity contribution in [3.05, 3.63) is 82.3 Å². The maximum Gasteiger partial charge on any atom is 0.133 e. The second-order valence-electron chi connectivity index (χ2n) is 5.84. The number of halogens is 2. The summed E-state index contributed by atoms with van der Waals surface area (Å²) >= 11 is 6.28. The Labute approximate surface area is 149 Å². The highest BCUT2D eigenvalue weighted by Gasteiger charge is 2.20. The van der Waals surface area contributed by atoms with Gasteiger partial charge in [-0.15, -0.1) is 0 Å². The van der Waals surface area contributed by atoms with E-state index in [9.17, 15) is 4.39 Å².